The quantitative estimate of drug-likeness (QED) is 0.468. The minimum absolute atomic E-state index is 0.267. The van der Waals surface area contributed by atoms with Crippen LogP contribution in [0, 0.1) is 6.92 Å². The summed E-state index contributed by atoms with van der Waals surface area (Å²) >= 11 is 0. The molecule has 150 valence electrons. The largest absolute Gasteiger partial charge is 0.508 e. The molecule has 0 saturated heterocycles. The first-order valence-electron chi connectivity index (χ1n) is 10.1. The van der Waals surface area contributed by atoms with E-state index in [0.29, 0.717) is 0 Å². The zero-order valence-electron chi connectivity index (χ0n) is 17.3. The molecule has 0 atom stereocenters. The number of rotatable bonds is 6. The smallest absolute Gasteiger partial charge is 0.129 e. The fraction of sp³-hybridized carbons (Fsp3) is 0.154. The van der Waals surface area contributed by atoms with Crippen molar-refractivity contribution in [3.8, 4) is 28.1 Å². The van der Waals surface area contributed by atoms with Crippen molar-refractivity contribution in [1.82, 2.24) is 9.97 Å². The number of aromatic hydroxyl groups is 1. The maximum atomic E-state index is 9.80. The van der Waals surface area contributed by atoms with Gasteiger partial charge in [0.1, 0.15) is 11.6 Å². The number of hydrogen-bond acceptors (Lipinski definition) is 4. The lowest BCUT2D eigenvalue weighted by Gasteiger charge is -2.20. The molecule has 0 aliphatic carbocycles. The minimum Gasteiger partial charge on any atom is -0.508 e. The van der Waals surface area contributed by atoms with Crippen molar-refractivity contribution in [3.63, 3.8) is 0 Å². The Kier molecular flexibility index (Phi) is 5.75. The molecule has 0 unspecified atom stereocenters. The van der Waals surface area contributed by atoms with Gasteiger partial charge in [-0.25, -0.2) is 4.98 Å². The lowest BCUT2D eigenvalue weighted by atomic mass is 10.00. The molecule has 0 saturated carbocycles. The van der Waals surface area contributed by atoms with Crippen LogP contribution < -0.4 is 4.90 Å². The summed E-state index contributed by atoms with van der Waals surface area (Å²) in [5.41, 5.74) is 6.25. The molecular formula is C26H25N3O. The Hall–Kier alpha value is -3.66. The number of likely N-dealkylation sites (N-methyl/N-ethyl adjacent to an activating group) is 1. The summed E-state index contributed by atoms with van der Waals surface area (Å²) in [6.45, 7) is 2.81. The predicted molar refractivity (Wildman–Crippen MR) is 123 cm³/mol. The second kappa shape index (κ2) is 8.78. The van der Waals surface area contributed by atoms with Crippen molar-refractivity contribution in [2.75, 3.05) is 18.5 Å². The Morgan fingerprint density at radius 2 is 1.67 bits per heavy atom. The van der Waals surface area contributed by atoms with E-state index in [9.17, 15) is 5.11 Å². The molecular weight excluding hydrogens is 370 g/mol. The van der Waals surface area contributed by atoms with Crippen LogP contribution in [0.25, 0.3) is 22.4 Å². The molecule has 4 nitrogen and oxygen atoms in total. The van der Waals surface area contributed by atoms with E-state index in [0.717, 1.165) is 52.4 Å². The third-order valence-corrected chi connectivity index (χ3v) is 5.23. The zero-order valence-corrected chi connectivity index (χ0v) is 17.3. The maximum absolute atomic E-state index is 9.80. The van der Waals surface area contributed by atoms with Gasteiger partial charge in [0.15, 0.2) is 0 Å². The normalized spacial score (nSPS) is 10.7. The lowest BCUT2D eigenvalue weighted by Crippen LogP contribution is -2.22. The van der Waals surface area contributed by atoms with Crippen molar-refractivity contribution < 1.29 is 5.11 Å². The monoisotopic (exact) mass is 395 g/mol. The molecule has 2 aromatic heterocycles. The summed E-state index contributed by atoms with van der Waals surface area (Å²) in [4.78, 5) is 11.5. The number of hydrogen-bond donors (Lipinski definition) is 1. The third kappa shape index (κ3) is 4.49. The lowest BCUT2D eigenvalue weighted by molar-refractivity contribution is 0.475. The first-order chi connectivity index (χ1) is 14.6. The van der Waals surface area contributed by atoms with Crippen molar-refractivity contribution in [1.29, 1.82) is 0 Å². The van der Waals surface area contributed by atoms with Gasteiger partial charge < -0.3 is 10.0 Å². The van der Waals surface area contributed by atoms with E-state index < -0.39 is 0 Å². The summed E-state index contributed by atoms with van der Waals surface area (Å²) in [5, 5.41) is 9.80. The van der Waals surface area contributed by atoms with Crippen LogP contribution in [0.4, 0.5) is 5.82 Å². The number of phenols is 1. The fourth-order valence-electron chi connectivity index (χ4n) is 3.52. The summed E-state index contributed by atoms with van der Waals surface area (Å²) in [7, 11) is 2.06. The van der Waals surface area contributed by atoms with E-state index >= 15 is 0 Å². The van der Waals surface area contributed by atoms with Gasteiger partial charge in [-0.05, 0) is 66.1 Å². The molecule has 4 aromatic rings. The van der Waals surface area contributed by atoms with Crippen LogP contribution in [-0.2, 0) is 6.42 Å². The van der Waals surface area contributed by atoms with Crippen LogP contribution in [-0.4, -0.2) is 28.7 Å². The van der Waals surface area contributed by atoms with Gasteiger partial charge in [-0.15, -0.1) is 0 Å². The maximum Gasteiger partial charge on any atom is 0.129 e. The Labute approximate surface area is 177 Å². The highest BCUT2D eigenvalue weighted by molar-refractivity contribution is 5.75. The molecule has 30 heavy (non-hydrogen) atoms. The van der Waals surface area contributed by atoms with Gasteiger partial charge in [-0.1, -0.05) is 36.4 Å². The molecule has 0 spiro atoms. The molecule has 0 bridgehead atoms. The van der Waals surface area contributed by atoms with E-state index in [2.05, 4.69) is 41.2 Å². The summed E-state index contributed by atoms with van der Waals surface area (Å²) in [6, 6.07) is 26.0. The highest BCUT2D eigenvalue weighted by Gasteiger charge is 2.12. The average molecular weight is 396 g/mol. The Bertz CT molecular complexity index is 1130. The molecule has 0 fully saturated rings. The van der Waals surface area contributed by atoms with Crippen LogP contribution in [0.15, 0.2) is 85.1 Å². The SMILES string of the molecule is Cc1cc(O)ccc1-c1cc(-c2ccccc2)cc(N(C)CCc2ccccn2)n1. The highest BCUT2D eigenvalue weighted by Crippen LogP contribution is 2.31. The molecule has 0 radical (unpaired) electrons. The third-order valence-electron chi connectivity index (χ3n) is 5.23. The minimum atomic E-state index is 0.267. The number of nitrogens with zero attached hydrogens (tertiary/aromatic N) is 3. The number of aryl methyl sites for hydroxylation is 1. The standard InChI is InChI=1S/C26H25N3O/c1-19-16-23(30)11-12-24(19)25-17-21(20-8-4-3-5-9-20)18-26(28-25)29(2)15-13-22-10-6-7-14-27-22/h3-12,14,16-18,30H,13,15H2,1-2H3. The number of pyridine rings is 2. The Morgan fingerprint density at radius 1 is 0.867 bits per heavy atom. The van der Waals surface area contributed by atoms with Crippen LogP contribution in [0.5, 0.6) is 5.75 Å². The van der Waals surface area contributed by atoms with Crippen molar-refractivity contribution >= 4 is 5.82 Å². The number of aromatic nitrogens is 2. The number of benzene rings is 2. The zero-order chi connectivity index (χ0) is 20.9. The molecule has 4 heteroatoms. The Balaban J connectivity index is 1.71. The van der Waals surface area contributed by atoms with Crippen molar-refractivity contribution in [2.45, 2.75) is 13.3 Å². The summed E-state index contributed by atoms with van der Waals surface area (Å²) < 4.78 is 0. The Morgan fingerprint density at radius 3 is 2.40 bits per heavy atom. The second-order valence-electron chi connectivity index (χ2n) is 7.46. The van der Waals surface area contributed by atoms with E-state index in [1.807, 2.05) is 55.6 Å². The fourth-order valence-corrected chi connectivity index (χ4v) is 3.52. The van der Waals surface area contributed by atoms with Crippen molar-refractivity contribution in [2.24, 2.45) is 0 Å². The number of anilines is 1. The van der Waals surface area contributed by atoms with Gasteiger partial charge in [0, 0.05) is 37.5 Å². The number of phenolic OH excluding ortho intramolecular Hbond substituents is 1. The average Bonchev–Trinajstić information content (AvgIpc) is 2.78. The van der Waals surface area contributed by atoms with Crippen LogP contribution in [0.1, 0.15) is 11.3 Å². The molecule has 2 aromatic carbocycles. The topological polar surface area (TPSA) is 49.2 Å². The van der Waals surface area contributed by atoms with Crippen LogP contribution >= 0.6 is 0 Å². The van der Waals surface area contributed by atoms with Gasteiger partial charge in [-0.2, -0.15) is 0 Å². The van der Waals surface area contributed by atoms with E-state index in [4.69, 9.17) is 4.98 Å². The van der Waals surface area contributed by atoms with Crippen LogP contribution in [0.3, 0.4) is 0 Å². The predicted octanol–water partition coefficient (Wildman–Crippen LogP) is 5.50. The molecule has 1 N–H and O–H groups in total. The van der Waals surface area contributed by atoms with Crippen molar-refractivity contribution in [3.05, 3.63) is 96.3 Å². The molecule has 0 aliphatic heterocycles. The second-order valence-corrected chi connectivity index (χ2v) is 7.46. The summed E-state index contributed by atoms with van der Waals surface area (Å²) in [6.07, 6.45) is 2.68. The molecule has 4 rings (SSSR count). The molecule has 0 amide bonds. The highest BCUT2D eigenvalue weighted by atomic mass is 16.3. The van der Waals surface area contributed by atoms with E-state index in [1.165, 1.54) is 0 Å². The molecule has 2 heterocycles. The molecule has 0 aliphatic rings. The van der Waals surface area contributed by atoms with Gasteiger partial charge in [-0.3, -0.25) is 4.98 Å². The first kappa shape index (κ1) is 19.6. The van der Waals surface area contributed by atoms with Gasteiger partial charge in [0.05, 0.1) is 5.69 Å². The van der Waals surface area contributed by atoms with E-state index in [1.54, 1.807) is 12.1 Å². The van der Waals surface area contributed by atoms with Gasteiger partial charge in [0.25, 0.3) is 0 Å². The van der Waals surface area contributed by atoms with Gasteiger partial charge in [0.2, 0.25) is 0 Å². The van der Waals surface area contributed by atoms with E-state index in [-0.39, 0.29) is 5.75 Å². The van der Waals surface area contributed by atoms with Crippen LogP contribution in [0.2, 0.25) is 0 Å². The van der Waals surface area contributed by atoms with Gasteiger partial charge >= 0.3 is 0 Å². The summed E-state index contributed by atoms with van der Waals surface area (Å²) in [5.74, 6) is 1.18. The first-order valence-corrected chi connectivity index (χ1v) is 10.1.